The van der Waals surface area contributed by atoms with Gasteiger partial charge in [-0.3, -0.25) is 0 Å². The molecule has 1 aromatic carbocycles. The topological polar surface area (TPSA) is 3.24 Å². The summed E-state index contributed by atoms with van der Waals surface area (Å²) in [5, 5.41) is 0.933. The van der Waals surface area contributed by atoms with Crippen molar-refractivity contribution in [2.24, 2.45) is 0 Å². The van der Waals surface area contributed by atoms with Crippen LogP contribution >= 0.6 is 15.9 Å². The predicted octanol–water partition coefficient (Wildman–Crippen LogP) is 4.21. The Balaban J connectivity index is 2.81. The van der Waals surface area contributed by atoms with E-state index in [1.54, 1.807) is 0 Å². The Morgan fingerprint density at radius 3 is 2.20 bits per heavy atom. The molecule has 0 N–H and O–H groups in total. The van der Waals surface area contributed by atoms with E-state index in [0.29, 0.717) is 6.04 Å². The van der Waals surface area contributed by atoms with E-state index in [2.05, 4.69) is 65.9 Å². The Bertz CT molecular complexity index is 279. The van der Waals surface area contributed by atoms with Crippen molar-refractivity contribution in [1.29, 1.82) is 0 Å². The van der Waals surface area contributed by atoms with Gasteiger partial charge in [0.25, 0.3) is 0 Å². The summed E-state index contributed by atoms with van der Waals surface area (Å²) in [6.45, 7) is 7.84. The van der Waals surface area contributed by atoms with E-state index in [4.69, 9.17) is 0 Å². The van der Waals surface area contributed by atoms with Gasteiger partial charge in [0.05, 0.1) is 0 Å². The number of anilines is 1. The van der Waals surface area contributed by atoms with Crippen molar-refractivity contribution in [3.63, 3.8) is 0 Å². The van der Waals surface area contributed by atoms with Gasteiger partial charge in [0.1, 0.15) is 0 Å². The zero-order valence-electron chi connectivity index (χ0n) is 9.83. The third-order valence-corrected chi connectivity index (χ3v) is 3.16. The molecule has 1 nitrogen and oxygen atoms in total. The maximum atomic E-state index is 3.47. The minimum atomic E-state index is 0.569. The highest BCUT2D eigenvalue weighted by Gasteiger charge is 2.08. The van der Waals surface area contributed by atoms with Crippen molar-refractivity contribution in [1.82, 2.24) is 0 Å². The van der Waals surface area contributed by atoms with Crippen LogP contribution in [0.3, 0.4) is 0 Å². The first kappa shape index (κ1) is 12.6. The van der Waals surface area contributed by atoms with E-state index < -0.39 is 0 Å². The fourth-order valence-corrected chi connectivity index (χ4v) is 2.08. The molecule has 0 spiro atoms. The second-order valence-electron chi connectivity index (χ2n) is 4.09. The van der Waals surface area contributed by atoms with Crippen LogP contribution in [0.5, 0.6) is 0 Å². The molecule has 0 amide bonds. The molecule has 0 heterocycles. The van der Waals surface area contributed by atoms with Gasteiger partial charge in [-0.1, -0.05) is 35.0 Å². The normalized spacial score (nSPS) is 10.7. The van der Waals surface area contributed by atoms with Crippen LogP contribution in [0.15, 0.2) is 24.3 Å². The van der Waals surface area contributed by atoms with Gasteiger partial charge in [0.15, 0.2) is 0 Å². The maximum absolute atomic E-state index is 3.47. The van der Waals surface area contributed by atoms with Gasteiger partial charge in [0, 0.05) is 23.6 Å². The molecular weight excluding hydrogens is 250 g/mol. The monoisotopic (exact) mass is 269 g/mol. The summed E-state index contributed by atoms with van der Waals surface area (Å²) >= 11 is 3.47. The minimum Gasteiger partial charge on any atom is -0.369 e. The SMILES string of the molecule is CCCN(c1ccc(CBr)cc1)C(C)C. The van der Waals surface area contributed by atoms with Gasteiger partial charge >= 0.3 is 0 Å². The number of halogens is 1. The average molecular weight is 270 g/mol. The summed E-state index contributed by atoms with van der Waals surface area (Å²) in [6.07, 6.45) is 1.19. The molecule has 0 fully saturated rings. The third kappa shape index (κ3) is 3.53. The van der Waals surface area contributed by atoms with Crippen molar-refractivity contribution < 1.29 is 0 Å². The highest BCUT2D eigenvalue weighted by atomic mass is 79.9. The quantitative estimate of drug-likeness (QED) is 0.724. The van der Waals surface area contributed by atoms with Gasteiger partial charge in [-0.2, -0.15) is 0 Å². The molecule has 0 radical (unpaired) electrons. The maximum Gasteiger partial charge on any atom is 0.0368 e. The zero-order valence-corrected chi connectivity index (χ0v) is 11.4. The van der Waals surface area contributed by atoms with Crippen molar-refractivity contribution in [2.45, 2.75) is 38.6 Å². The Morgan fingerprint density at radius 1 is 1.20 bits per heavy atom. The molecule has 0 atom stereocenters. The van der Waals surface area contributed by atoms with Gasteiger partial charge in [-0.05, 0) is 38.0 Å². The summed E-state index contributed by atoms with van der Waals surface area (Å²) in [5.41, 5.74) is 2.66. The molecule has 1 rings (SSSR count). The van der Waals surface area contributed by atoms with E-state index in [9.17, 15) is 0 Å². The Morgan fingerprint density at radius 2 is 1.80 bits per heavy atom. The second kappa shape index (κ2) is 6.16. The molecule has 0 bridgehead atoms. The Hall–Kier alpha value is -0.500. The summed E-state index contributed by atoms with van der Waals surface area (Å²) in [6, 6.07) is 9.38. The van der Waals surface area contributed by atoms with Crippen molar-refractivity contribution in [3.8, 4) is 0 Å². The van der Waals surface area contributed by atoms with Crippen molar-refractivity contribution >= 4 is 21.6 Å². The van der Waals surface area contributed by atoms with E-state index in [-0.39, 0.29) is 0 Å². The van der Waals surface area contributed by atoms with Crippen LogP contribution in [-0.2, 0) is 5.33 Å². The van der Waals surface area contributed by atoms with Gasteiger partial charge < -0.3 is 4.90 Å². The molecule has 2 heteroatoms. The lowest BCUT2D eigenvalue weighted by Crippen LogP contribution is -2.31. The largest absolute Gasteiger partial charge is 0.369 e. The third-order valence-electron chi connectivity index (χ3n) is 2.51. The predicted molar refractivity (Wildman–Crippen MR) is 71.8 cm³/mol. The molecule has 15 heavy (non-hydrogen) atoms. The van der Waals surface area contributed by atoms with Crippen molar-refractivity contribution in [2.75, 3.05) is 11.4 Å². The minimum absolute atomic E-state index is 0.569. The lowest BCUT2D eigenvalue weighted by molar-refractivity contribution is 0.671. The van der Waals surface area contributed by atoms with E-state index in [1.807, 2.05) is 0 Å². The smallest absolute Gasteiger partial charge is 0.0368 e. The molecule has 0 saturated heterocycles. The standard InChI is InChI=1S/C13H20BrN/c1-4-9-15(11(2)3)13-7-5-12(10-14)6-8-13/h5-8,11H,4,9-10H2,1-3H3. The molecular formula is C13H20BrN. The van der Waals surface area contributed by atoms with Gasteiger partial charge in [-0.25, -0.2) is 0 Å². The number of nitrogens with zero attached hydrogens (tertiary/aromatic N) is 1. The molecule has 0 saturated carbocycles. The van der Waals surface area contributed by atoms with Crippen LogP contribution in [0.25, 0.3) is 0 Å². The van der Waals surface area contributed by atoms with Crippen LogP contribution in [0.2, 0.25) is 0 Å². The van der Waals surface area contributed by atoms with Crippen LogP contribution in [0.1, 0.15) is 32.8 Å². The number of rotatable bonds is 5. The fraction of sp³-hybridized carbons (Fsp3) is 0.538. The second-order valence-corrected chi connectivity index (χ2v) is 4.65. The zero-order chi connectivity index (χ0) is 11.3. The lowest BCUT2D eigenvalue weighted by atomic mass is 10.2. The molecule has 1 aromatic rings. The van der Waals surface area contributed by atoms with E-state index in [1.165, 1.54) is 17.7 Å². The lowest BCUT2D eigenvalue weighted by Gasteiger charge is -2.28. The fourth-order valence-electron chi connectivity index (χ4n) is 1.70. The number of benzene rings is 1. The summed E-state index contributed by atoms with van der Waals surface area (Å²) < 4.78 is 0. The molecule has 84 valence electrons. The summed E-state index contributed by atoms with van der Waals surface area (Å²) in [7, 11) is 0. The molecule has 0 aliphatic carbocycles. The van der Waals surface area contributed by atoms with E-state index in [0.717, 1.165) is 11.9 Å². The van der Waals surface area contributed by atoms with Gasteiger partial charge in [-0.15, -0.1) is 0 Å². The highest BCUT2D eigenvalue weighted by molar-refractivity contribution is 9.08. The first-order chi connectivity index (χ1) is 7.19. The van der Waals surface area contributed by atoms with Crippen LogP contribution in [0, 0.1) is 0 Å². The first-order valence-corrected chi connectivity index (χ1v) is 6.72. The van der Waals surface area contributed by atoms with Crippen LogP contribution in [0.4, 0.5) is 5.69 Å². The molecule has 0 aromatic heterocycles. The molecule has 0 aliphatic heterocycles. The summed E-state index contributed by atoms with van der Waals surface area (Å²) in [4.78, 5) is 2.44. The average Bonchev–Trinajstić information content (AvgIpc) is 2.26. The highest BCUT2D eigenvalue weighted by Crippen LogP contribution is 2.19. The molecule has 0 aliphatic rings. The number of hydrogen-bond donors (Lipinski definition) is 0. The number of hydrogen-bond acceptors (Lipinski definition) is 1. The van der Waals surface area contributed by atoms with E-state index >= 15 is 0 Å². The molecule has 0 unspecified atom stereocenters. The first-order valence-electron chi connectivity index (χ1n) is 5.60. The Kier molecular flexibility index (Phi) is 5.16. The summed E-state index contributed by atoms with van der Waals surface area (Å²) in [5.74, 6) is 0. The van der Waals surface area contributed by atoms with Crippen LogP contribution in [-0.4, -0.2) is 12.6 Å². The Labute approximate surface area is 102 Å². The van der Waals surface area contributed by atoms with Crippen molar-refractivity contribution in [3.05, 3.63) is 29.8 Å². The number of alkyl halides is 1. The van der Waals surface area contributed by atoms with Gasteiger partial charge in [0.2, 0.25) is 0 Å². The van der Waals surface area contributed by atoms with Crippen LogP contribution < -0.4 is 4.90 Å².